The van der Waals surface area contributed by atoms with Gasteiger partial charge in [0, 0.05) is 19.7 Å². The average molecular weight is 415 g/mol. The summed E-state index contributed by atoms with van der Waals surface area (Å²) in [6.45, 7) is 1.96. The Labute approximate surface area is 141 Å². The Hall–Kier alpha value is -1.60. The van der Waals surface area contributed by atoms with Gasteiger partial charge in [0.15, 0.2) is 0 Å². The number of carbonyl (C=O) groups is 2. The molecule has 0 aliphatic heterocycles. The fourth-order valence-electron chi connectivity index (χ4n) is 1.62. The number of carbonyl (C=O) groups excluding carboxylic acids is 2. The highest BCUT2D eigenvalue weighted by Crippen LogP contribution is 2.13. The summed E-state index contributed by atoms with van der Waals surface area (Å²) in [6.07, 6.45) is 0. The number of hydrazine groups is 1. The van der Waals surface area contributed by atoms with Gasteiger partial charge in [0.1, 0.15) is 0 Å². The molecule has 0 heterocycles. The Morgan fingerprint density at radius 1 is 1.00 bits per heavy atom. The maximum Gasteiger partial charge on any atom is 0.269 e. The van der Waals surface area contributed by atoms with Crippen molar-refractivity contribution in [2.75, 3.05) is 0 Å². The first-order chi connectivity index (χ1) is 9.97. The van der Waals surface area contributed by atoms with Crippen LogP contribution < -0.4 is 10.9 Å². The molecule has 0 fully saturated rings. The molecule has 0 atom stereocenters. The number of amides is 2. The number of halogens is 2. The number of nitrogens with one attached hydrogen (secondary N) is 2. The molecule has 21 heavy (non-hydrogen) atoms. The molecule has 2 N–H and O–H groups in total. The second-order valence-electron chi connectivity index (χ2n) is 4.38. The van der Waals surface area contributed by atoms with Crippen LogP contribution in [0, 0.1) is 10.5 Å². The maximum atomic E-state index is 12.0. The molecule has 0 aliphatic rings. The fourth-order valence-corrected chi connectivity index (χ4v) is 2.33. The van der Waals surface area contributed by atoms with Crippen LogP contribution in [0.5, 0.6) is 0 Å². The summed E-state index contributed by atoms with van der Waals surface area (Å²) >= 11 is 7.97. The van der Waals surface area contributed by atoms with Gasteiger partial charge in [-0.3, -0.25) is 20.4 Å². The van der Waals surface area contributed by atoms with Crippen LogP contribution in [0.3, 0.4) is 0 Å². The Bertz CT molecular complexity index is 704. The van der Waals surface area contributed by atoms with E-state index in [0.717, 1.165) is 9.13 Å². The minimum absolute atomic E-state index is 0.372. The number of hydrogen-bond donors (Lipinski definition) is 2. The zero-order valence-corrected chi connectivity index (χ0v) is 14.0. The lowest BCUT2D eigenvalue weighted by atomic mass is 10.1. The molecule has 6 heteroatoms. The molecular weight excluding hydrogens is 403 g/mol. The van der Waals surface area contributed by atoms with Crippen LogP contribution in [0.25, 0.3) is 0 Å². The highest BCUT2D eigenvalue weighted by molar-refractivity contribution is 14.1. The van der Waals surface area contributed by atoms with E-state index in [1.165, 1.54) is 6.07 Å². The molecule has 0 saturated carbocycles. The lowest BCUT2D eigenvalue weighted by Crippen LogP contribution is -2.41. The summed E-state index contributed by atoms with van der Waals surface area (Å²) in [4.78, 5) is 23.8. The van der Waals surface area contributed by atoms with Gasteiger partial charge in [-0.05, 0) is 65.4 Å². The van der Waals surface area contributed by atoms with Crippen LogP contribution in [0.1, 0.15) is 26.3 Å². The van der Waals surface area contributed by atoms with Crippen molar-refractivity contribution < 1.29 is 9.59 Å². The van der Waals surface area contributed by atoms with Crippen molar-refractivity contribution in [3.8, 4) is 0 Å². The van der Waals surface area contributed by atoms with Crippen LogP contribution in [0.4, 0.5) is 0 Å². The first kappa shape index (κ1) is 15.8. The van der Waals surface area contributed by atoms with E-state index >= 15 is 0 Å². The van der Waals surface area contributed by atoms with E-state index in [9.17, 15) is 9.59 Å². The van der Waals surface area contributed by atoms with Crippen molar-refractivity contribution in [3.05, 3.63) is 67.7 Å². The minimum atomic E-state index is -0.423. The summed E-state index contributed by atoms with van der Waals surface area (Å²) < 4.78 is 0.987. The van der Waals surface area contributed by atoms with E-state index in [-0.39, 0.29) is 5.91 Å². The zero-order chi connectivity index (χ0) is 15.4. The topological polar surface area (TPSA) is 58.2 Å². The molecule has 0 saturated heterocycles. The van der Waals surface area contributed by atoms with Crippen LogP contribution in [0.2, 0.25) is 5.02 Å². The highest BCUT2D eigenvalue weighted by atomic mass is 127. The van der Waals surface area contributed by atoms with E-state index in [1.54, 1.807) is 30.3 Å². The number of rotatable bonds is 2. The number of aryl methyl sites for hydroxylation is 1. The summed E-state index contributed by atoms with van der Waals surface area (Å²) in [5, 5.41) is 0.460. The van der Waals surface area contributed by atoms with E-state index in [0.29, 0.717) is 16.1 Å². The van der Waals surface area contributed by atoms with Crippen molar-refractivity contribution in [3.63, 3.8) is 0 Å². The van der Waals surface area contributed by atoms with Crippen LogP contribution in [0.15, 0.2) is 42.5 Å². The standard InChI is InChI=1S/C15H12ClIN2O2/c1-9-5-6-11(8-13(9)17)15(21)19-18-14(20)10-3-2-4-12(16)7-10/h2-8H,1H3,(H,18,20)(H,19,21). The minimum Gasteiger partial charge on any atom is -0.267 e. The van der Waals surface area contributed by atoms with Gasteiger partial charge >= 0.3 is 0 Å². The molecule has 4 nitrogen and oxygen atoms in total. The molecule has 2 aromatic rings. The summed E-state index contributed by atoms with van der Waals surface area (Å²) in [6, 6.07) is 11.8. The predicted molar refractivity (Wildman–Crippen MR) is 90.3 cm³/mol. The first-order valence-electron chi connectivity index (χ1n) is 6.10. The molecule has 0 aromatic heterocycles. The van der Waals surface area contributed by atoms with Crippen molar-refractivity contribution in [2.45, 2.75) is 6.92 Å². The van der Waals surface area contributed by atoms with Crippen LogP contribution in [-0.2, 0) is 0 Å². The van der Waals surface area contributed by atoms with Crippen molar-refractivity contribution in [1.82, 2.24) is 10.9 Å². The maximum absolute atomic E-state index is 12.0. The molecule has 2 aromatic carbocycles. The second kappa shape index (κ2) is 6.91. The van der Waals surface area contributed by atoms with Crippen molar-refractivity contribution in [2.24, 2.45) is 0 Å². The second-order valence-corrected chi connectivity index (χ2v) is 5.98. The summed E-state index contributed by atoms with van der Waals surface area (Å²) in [5.41, 5.74) is 6.69. The van der Waals surface area contributed by atoms with Crippen molar-refractivity contribution in [1.29, 1.82) is 0 Å². The van der Waals surface area contributed by atoms with Gasteiger partial charge in [-0.2, -0.15) is 0 Å². The predicted octanol–water partition coefficient (Wildman–Crippen LogP) is 3.33. The number of benzene rings is 2. The molecule has 2 rings (SSSR count). The number of hydrogen-bond acceptors (Lipinski definition) is 2. The first-order valence-corrected chi connectivity index (χ1v) is 7.55. The van der Waals surface area contributed by atoms with Gasteiger partial charge in [0.2, 0.25) is 0 Å². The van der Waals surface area contributed by atoms with Crippen LogP contribution in [-0.4, -0.2) is 11.8 Å². The third-order valence-corrected chi connectivity index (χ3v) is 4.21. The third kappa shape index (κ3) is 4.18. The lowest BCUT2D eigenvalue weighted by molar-refractivity contribution is 0.0846. The molecule has 0 radical (unpaired) electrons. The van der Waals surface area contributed by atoms with Gasteiger partial charge in [-0.1, -0.05) is 23.7 Å². The van der Waals surface area contributed by atoms with Gasteiger partial charge in [0.25, 0.3) is 11.8 Å². The van der Waals surface area contributed by atoms with E-state index in [2.05, 4.69) is 33.4 Å². The van der Waals surface area contributed by atoms with E-state index in [1.807, 2.05) is 13.0 Å². The normalized spacial score (nSPS) is 10.0. The largest absolute Gasteiger partial charge is 0.269 e. The van der Waals surface area contributed by atoms with Gasteiger partial charge in [-0.15, -0.1) is 0 Å². The van der Waals surface area contributed by atoms with Crippen LogP contribution >= 0.6 is 34.2 Å². The molecule has 0 spiro atoms. The monoisotopic (exact) mass is 414 g/mol. The Morgan fingerprint density at radius 3 is 2.19 bits per heavy atom. The van der Waals surface area contributed by atoms with Gasteiger partial charge < -0.3 is 0 Å². The quantitative estimate of drug-likeness (QED) is 0.585. The Kier molecular flexibility index (Phi) is 5.19. The Morgan fingerprint density at radius 2 is 1.62 bits per heavy atom. The Balaban J connectivity index is 2.00. The smallest absolute Gasteiger partial charge is 0.267 e. The molecular formula is C15H12ClIN2O2. The molecule has 2 amide bonds. The van der Waals surface area contributed by atoms with Gasteiger partial charge in [0.05, 0.1) is 0 Å². The molecule has 0 bridgehead atoms. The van der Waals surface area contributed by atoms with Gasteiger partial charge in [-0.25, -0.2) is 0 Å². The van der Waals surface area contributed by atoms with E-state index in [4.69, 9.17) is 11.6 Å². The van der Waals surface area contributed by atoms with Crippen molar-refractivity contribution >= 4 is 46.0 Å². The summed E-state index contributed by atoms with van der Waals surface area (Å²) in [7, 11) is 0. The average Bonchev–Trinajstić information content (AvgIpc) is 2.47. The third-order valence-electron chi connectivity index (χ3n) is 2.81. The lowest BCUT2D eigenvalue weighted by Gasteiger charge is -2.08. The summed E-state index contributed by atoms with van der Waals surface area (Å²) in [5.74, 6) is -0.795. The zero-order valence-electron chi connectivity index (χ0n) is 11.1. The highest BCUT2D eigenvalue weighted by Gasteiger charge is 2.10. The fraction of sp³-hybridized carbons (Fsp3) is 0.0667. The molecule has 0 aliphatic carbocycles. The molecule has 0 unspecified atom stereocenters. The van der Waals surface area contributed by atoms with E-state index < -0.39 is 5.91 Å². The molecule has 108 valence electrons. The SMILES string of the molecule is Cc1ccc(C(=O)NNC(=O)c2cccc(Cl)c2)cc1I.